The lowest BCUT2D eigenvalue weighted by Gasteiger charge is -2.15. The maximum Gasteiger partial charge on any atom is 0.407 e. The fourth-order valence-corrected chi connectivity index (χ4v) is 1.35. The maximum absolute atomic E-state index is 11.2. The van der Waals surface area contributed by atoms with E-state index in [0.29, 0.717) is 17.7 Å². The highest BCUT2D eigenvalue weighted by molar-refractivity contribution is 5.67. The fraction of sp³-hybridized carbons (Fsp3) is 0.700. The van der Waals surface area contributed by atoms with Crippen molar-refractivity contribution in [2.75, 3.05) is 7.11 Å². The van der Waals surface area contributed by atoms with E-state index in [1.54, 1.807) is 6.92 Å². The lowest BCUT2D eigenvalue weighted by Crippen LogP contribution is -2.29. The van der Waals surface area contributed by atoms with E-state index in [4.69, 9.17) is 4.42 Å². The first-order valence-corrected chi connectivity index (χ1v) is 5.17. The smallest absolute Gasteiger partial charge is 0.407 e. The Bertz CT molecular complexity index is 349. The Morgan fingerprint density at radius 3 is 2.62 bits per heavy atom. The van der Waals surface area contributed by atoms with Gasteiger partial charge in [0.1, 0.15) is 6.04 Å². The third-order valence-electron chi connectivity index (χ3n) is 2.02. The quantitative estimate of drug-likeness (QED) is 0.848. The summed E-state index contributed by atoms with van der Waals surface area (Å²) in [4.78, 5) is 11.2. The van der Waals surface area contributed by atoms with Gasteiger partial charge in [-0.05, 0) is 12.3 Å². The predicted octanol–water partition coefficient (Wildman–Crippen LogP) is 1.82. The molecule has 0 bridgehead atoms. The van der Waals surface area contributed by atoms with E-state index in [1.807, 2.05) is 0 Å². The van der Waals surface area contributed by atoms with Crippen molar-refractivity contribution in [1.82, 2.24) is 15.5 Å². The third-order valence-corrected chi connectivity index (χ3v) is 2.02. The number of aryl methyl sites for hydroxylation is 1. The Balaban J connectivity index is 2.74. The summed E-state index contributed by atoms with van der Waals surface area (Å²) in [6.45, 7) is 5.81. The van der Waals surface area contributed by atoms with Crippen LogP contribution in [-0.2, 0) is 4.74 Å². The van der Waals surface area contributed by atoms with Crippen LogP contribution in [0.15, 0.2) is 4.42 Å². The van der Waals surface area contributed by atoms with Gasteiger partial charge in [0.2, 0.25) is 11.8 Å². The number of carbonyl (C=O) groups is 1. The molecule has 6 heteroatoms. The molecule has 1 rings (SSSR count). The minimum atomic E-state index is -0.499. The van der Waals surface area contributed by atoms with Gasteiger partial charge in [-0.25, -0.2) is 4.79 Å². The van der Waals surface area contributed by atoms with E-state index in [9.17, 15) is 4.79 Å². The van der Waals surface area contributed by atoms with Gasteiger partial charge in [0, 0.05) is 6.92 Å². The zero-order valence-corrected chi connectivity index (χ0v) is 9.98. The molecule has 1 N–H and O–H groups in total. The molecule has 0 saturated carbocycles. The van der Waals surface area contributed by atoms with Crippen molar-refractivity contribution in [2.24, 2.45) is 5.92 Å². The number of carbonyl (C=O) groups excluding carboxylic acids is 1. The van der Waals surface area contributed by atoms with Gasteiger partial charge in [0.15, 0.2) is 0 Å². The highest BCUT2D eigenvalue weighted by atomic mass is 16.5. The highest BCUT2D eigenvalue weighted by Gasteiger charge is 2.21. The second kappa shape index (κ2) is 5.48. The van der Waals surface area contributed by atoms with Gasteiger partial charge in [-0.3, -0.25) is 0 Å². The Hall–Kier alpha value is -1.59. The maximum atomic E-state index is 11.2. The number of ether oxygens (including phenoxy) is 1. The van der Waals surface area contributed by atoms with Crippen molar-refractivity contribution in [3.05, 3.63) is 11.8 Å². The van der Waals surface area contributed by atoms with E-state index in [0.717, 1.165) is 6.42 Å². The normalized spacial score (nSPS) is 12.6. The molecule has 0 aliphatic carbocycles. The first-order chi connectivity index (χ1) is 7.52. The average molecular weight is 227 g/mol. The van der Waals surface area contributed by atoms with E-state index < -0.39 is 6.09 Å². The minimum absolute atomic E-state index is 0.298. The number of aromatic nitrogens is 2. The molecule has 1 heterocycles. The van der Waals surface area contributed by atoms with Crippen LogP contribution in [0.1, 0.15) is 38.1 Å². The van der Waals surface area contributed by atoms with Crippen LogP contribution in [0.25, 0.3) is 0 Å². The molecule has 0 aliphatic heterocycles. The predicted molar refractivity (Wildman–Crippen MR) is 56.8 cm³/mol. The second-order valence-electron chi connectivity index (χ2n) is 3.98. The zero-order chi connectivity index (χ0) is 12.1. The SMILES string of the molecule is COC(=O)NC(CC(C)C)c1nnc(C)o1. The van der Waals surface area contributed by atoms with Crippen molar-refractivity contribution in [2.45, 2.75) is 33.2 Å². The first kappa shape index (κ1) is 12.5. The Kier molecular flexibility index (Phi) is 4.28. The number of hydrogen-bond acceptors (Lipinski definition) is 5. The van der Waals surface area contributed by atoms with Crippen LogP contribution >= 0.6 is 0 Å². The molecule has 6 nitrogen and oxygen atoms in total. The van der Waals surface area contributed by atoms with Crippen LogP contribution in [0.4, 0.5) is 4.79 Å². The number of nitrogens with zero attached hydrogens (tertiary/aromatic N) is 2. The molecule has 0 radical (unpaired) electrons. The van der Waals surface area contributed by atoms with E-state index in [1.165, 1.54) is 7.11 Å². The molecule has 1 amide bonds. The Morgan fingerprint density at radius 2 is 2.19 bits per heavy atom. The molecular formula is C10H17N3O3. The monoisotopic (exact) mass is 227 g/mol. The topological polar surface area (TPSA) is 77.2 Å². The molecule has 1 aromatic rings. The summed E-state index contributed by atoms with van der Waals surface area (Å²) in [6.07, 6.45) is 0.220. The van der Waals surface area contributed by atoms with Crippen molar-refractivity contribution < 1.29 is 13.9 Å². The second-order valence-corrected chi connectivity index (χ2v) is 3.98. The number of alkyl carbamates (subject to hydrolysis) is 1. The Morgan fingerprint density at radius 1 is 1.50 bits per heavy atom. The lowest BCUT2D eigenvalue weighted by molar-refractivity contribution is 0.162. The zero-order valence-electron chi connectivity index (χ0n) is 9.98. The molecule has 16 heavy (non-hydrogen) atoms. The molecule has 0 fully saturated rings. The number of methoxy groups -OCH3 is 1. The van der Waals surface area contributed by atoms with Crippen molar-refractivity contribution in [3.8, 4) is 0 Å². The number of rotatable bonds is 4. The van der Waals surface area contributed by atoms with Crippen molar-refractivity contribution in [3.63, 3.8) is 0 Å². The number of nitrogens with one attached hydrogen (secondary N) is 1. The summed E-state index contributed by atoms with van der Waals surface area (Å²) in [6, 6.07) is -0.298. The van der Waals surface area contributed by atoms with Gasteiger partial charge in [-0.15, -0.1) is 10.2 Å². The standard InChI is InChI=1S/C10H17N3O3/c1-6(2)5-8(11-10(14)15-4)9-13-12-7(3)16-9/h6,8H,5H2,1-4H3,(H,11,14). The van der Waals surface area contributed by atoms with Gasteiger partial charge < -0.3 is 14.5 Å². The largest absolute Gasteiger partial charge is 0.453 e. The van der Waals surface area contributed by atoms with Crippen molar-refractivity contribution in [1.29, 1.82) is 0 Å². The van der Waals surface area contributed by atoms with Gasteiger partial charge in [-0.1, -0.05) is 13.8 Å². The van der Waals surface area contributed by atoms with Gasteiger partial charge in [-0.2, -0.15) is 0 Å². The minimum Gasteiger partial charge on any atom is -0.453 e. The summed E-state index contributed by atoms with van der Waals surface area (Å²) in [5.74, 6) is 1.29. The van der Waals surface area contributed by atoms with Crippen LogP contribution in [0, 0.1) is 12.8 Å². The lowest BCUT2D eigenvalue weighted by atomic mass is 10.0. The fourth-order valence-electron chi connectivity index (χ4n) is 1.35. The molecule has 90 valence electrons. The summed E-state index contributed by atoms with van der Waals surface area (Å²) in [5, 5.41) is 10.3. The number of hydrogen-bond donors (Lipinski definition) is 1. The number of amides is 1. The summed E-state index contributed by atoms with van der Waals surface area (Å²) in [7, 11) is 1.32. The Labute approximate surface area is 94.4 Å². The molecule has 1 unspecified atom stereocenters. The van der Waals surface area contributed by atoms with Gasteiger partial charge >= 0.3 is 6.09 Å². The van der Waals surface area contributed by atoms with Crippen LogP contribution in [-0.4, -0.2) is 23.4 Å². The van der Waals surface area contributed by atoms with Crippen molar-refractivity contribution >= 4 is 6.09 Å². The van der Waals surface area contributed by atoms with E-state index in [-0.39, 0.29) is 6.04 Å². The average Bonchev–Trinajstić information content (AvgIpc) is 2.63. The first-order valence-electron chi connectivity index (χ1n) is 5.17. The van der Waals surface area contributed by atoms with Gasteiger partial charge in [0.05, 0.1) is 7.11 Å². The van der Waals surface area contributed by atoms with Crippen LogP contribution in [0.2, 0.25) is 0 Å². The molecule has 0 spiro atoms. The molecule has 0 aromatic carbocycles. The van der Waals surface area contributed by atoms with Crippen LogP contribution in [0.5, 0.6) is 0 Å². The van der Waals surface area contributed by atoms with Crippen LogP contribution < -0.4 is 5.32 Å². The van der Waals surface area contributed by atoms with E-state index in [2.05, 4.69) is 34.1 Å². The molecular weight excluding hydrogens is 210 g/mol. The third kappa shape index (κ3) is 3.52. The van der Waals surface area contributed by atoms with E-state index >= 15 is 0 Å². The summed E-state index contributed by atoms with van der Waals surface area (Å²) >= 11 is 0. The van der Waals surface area contributed by atoms with Gasteiger partial charge in [0.25, 0.3) is 0 Å². The highest BCUT2D eigenvalue weighted by Crippen LogP contribution is 2.20. The molecule has 1 aromatic heterocycles. The summed E-state index contributed by atoms with van der Waals surface area (Å²) < 4.78 is 9.85. The molecule has 0 saturated heterocycles. The van der Waals surface area contributed by atoms with Crippen LogP contribution in [0.3, 0.4) is 0 Å². The molecule has 0 aliphatic rings. The summed E-state index contributed by atoms with van der Waals surface area (Å²) in [5.41, 5.74) is 0. The molecule has 1 atom stereocenters.